The van der Waals surface area contributed by atoms with Crippen molar-refractivity contribution < 1.29 is 43.0 Å². The van der Waals surface area contributed by atoms with Gasteiger partial charge in [0.1, 0.15) is 16.3 Å². The van der Waals surface area contributed by atoms with Gasteiger partial charge in [-0.3, -0.25) is 0 Å². The monoisotopic (exact) mass is 707 g/mol. The van der Waals surface area contributed by atoms with E-state index in [9.17, 15) is 24.0 Å². The Bertz CT molecular complexity index is 1570. The lowest BCUT2D eigenvalue weighted by molar-refractivity contribution is -0.205. The number of aliphatic hydroxyl groups excluding tert-OH is 1. The molecule has 0 amide bonds. The number of rotatable bonds is 9. The van der Waals surface area contributed by atoms with E-state index >= 15 is 0 Å². The number of benzene rings is 3. The summed E-state index contributed by atoms with van der Waals surface area (Å²) < 4.78 is 41.3. The molecule has 3 aromatic rings. The number of ether oxygens (including phenoxy) is 4. The third-order valence-corrected chi connectivity index (χ3v) is 11.0. The smallest absolute Gasteiger partial charge is 0.338 e. The molecule has 12 heteroatoms. The molecule has 3 aromatic carbocycles. The SMILES string of the molecule is CC(C)(C)[S@@+]([O-])N[C@@H]1C/C=C/C(CO)CSC2OC1C(OC(=O)c1ccccc1)C(OC(=O)c1ccccc1)C2OC(=O)c1ccccc1. The predicted molar refractivity (Wildman–Crippen MR) is 187 cm³/mol. The van der Waals surface area contributed by atoms with Crippen molar-refractivity contribution in [2.45, 2.75) is 67.8 Å². The topological polar surface area (TPSA) is 143 Å². The number of carbonyl (C=O) groups is 3. The minimum Gasteiger partial charge on any atom is -0.598 e. The van der Waals surface area contributed by atoms with E-state index in [0.717, 1.165) is 0 Å². The molecule has 10 nitrogen and oxygen atoms in total. The highest BCUT2D eigenvalue weighted by Crippen LogP contribution is 2.38. The van der Waals surface area contributed by atoms with Gasteiger partial charge in [0.25, 0.3) is 0 Å². The fourth-order valence-corrected chi connectivity index (χ4v) is 7.47. The van der Waals surface area contributed by atoms with Crippen LogP contribution in [0.25, 0.3) is 0 Å². The van der Waals surface area contributed by atoms with Gasteiger partial charge in [-0.2, -0.15) is 0 Å². The zero-order chi connectivity index (χ0) is 35.0. The lowest BCUT2D eigenvalue weighted by Gasteiger charge is -2.47. The summed E-state index contributed by atoms with van der Waals surface area (Å²) in [6.45, 7) is 5.32. The number of nitrogens with one attached hydrogen (secondary N) is 1. The first-order valence-electron chi connectivity index (χ1n) is 16.1. The molecule has 2 aliphatic heterocycles. The van der Waals surface area contributed by atoms with Crippen molar-refractivity contribution in [1.82, 2.24) is 4.72 Å². The van der Waals surface area contributed by atoms with Crippen molar-refractivity contribution in [1.29, 1.82) is 0 Å². The van der Waals surface area contributed by atoms with Crippen molar-refractivity contribution in [3.8, 4) is 0 Å². The van der Waals surface area contributed by atoms with Gasteiger partial charge in [-0.05, 0) is 63.6 Å². The van der Waals surface area contributed by atoms with Gasteiger partial charge in [-0.1, -0.05) is 66.7 Å². The molecule has 0 spiro atoms. The Kier molecular flexibility index (Phi) is 12.6. The van der Waals surface area contributed by atoms with Gasteiger partial charge in [-0.25, -0.2) is 14.4 Å². The Labute approximate surface area is 293 Å². The third-order valence-electron chi connectivity index (χ3n) is 8.01. The minimum atomic E-state index is -1.59. The first-order valence-corrected chi connectivity index (χ1v) is 18.3. The van der Waals surface area contributed by atoms with E-state index in [1.54, 1.807) is 91.0 Å². The molecule has 2 bridgehead atoms. The van der Waals surface area contributed by atoms with Gasteiger partial charge in [0.05, 0.1) is 29.3 Å². The van der Waals surface area contributed by atoms with Crippen LogP contribution in [0.4, 0.5) is 0 Å². The highest BCUT2D eigenvalue weighted by molar-refractivity contribution is 7.99. The summed E-state index contributed by atoms with van der Waals surface area (Å²) in [5, 5.41) is 10.1. The van der Waals surface area contributed by atoms with Crippen LogP contribution in [0.1, 0.15) is 58.3 Å². The van der Waals surface area contributed by atoms with Crippen LogP contribution in [0.3, 0.4) is 0 Å². The Balaban J connectivity index is 1.63. The number of hydrogen-bond acceptors (Lipinski definition) is 11. The lowest BCUT2D eigenvalue weighted by atomic mass is 9.92. The van der Waals surface area contributed by atoms with Crippen LogP contribution in [-0.2, 0) is 30.3 Å². The molecular weight excluding hydrogens is 667 g/mol. The number of thioether (sulfide) groups is 1. The van der Waals surface area contributed by atoms with E-state index in [1.807, 2.05) is 32.9 Å². The molecular formula is C37H41NO9S2. The summed E-state index contributed by atoms with van der Waals surface area (Å²) in [5.41, 5.74) is -0.190. The fourth-order valence-electron chi connectivity index (χ4n) is 5.35. The largest absolute Gasteiger partial charge is 0.598 e. The highest BCUT2D eigenvalue weighted by Gasteiger charge is 2.55. The van der Waals surface area contributed by atoms with Crippen molar-refractivity contribution >= 4 is 41.0 Å². The van der Waals surface area contributed by atoms with Crippen LogP contribution in [-0.4, -0.2) is 80.6 Å². The molecule has 0 saturated carbocycles. The number of aliphatic hydroxyl groups is 1. The first-order chi connectivity index (χ1) is 23.5. The molecule has 2 N–H and O–H groups in total. The normalized spacial score (nSPS) is 26.8. The quantitative estimate of drug-likeness (QED) is 0.133. The number of hydrogen-bond donors (Lipinski definition) is 2. The van der Waals surface area contributed by atoms with Crippen LogP contribution in [0.5, 0.6) is 0 Å². The number of esters is 3. The third kappa shape index (κ3) is 9.53. The van der Waals surface area contributed by atoms with Gasteiger partial charge in [0, 0.05) is 23.0 Å². The van der Waals surface area contributed by atoms with Crippen molar-refractivity contribution in [3.63, 3.8) is 0 Å². The van der Waals surface area contributed by atoms with E-state index in [2.05, 4.69) is 4.72 Å². The van der Waals surface area contributed by atoms with Crippen LogP contribution < -0.4 is 4.72 Å². The van der Waals surface area contributed by atoms with Crippen molar-refractivity contribution in [3.05, 3.63) is 120 Å². The molecule has 1 fully saturated rings. The number of carbonyl (C=O) groups excluding carboxylic acids is 3. The maximum atomic E-state index is 13.7. The first kappa shape index (κ1) is 36.6. The molecule has 260 valence electrons. The second kappa shape index (κ2) is 16.8. The summed E-state index contributed by atoms with van der Waals surface area (Å²) in [6.07, 6.45) is -0.933. The van der Waals surface area contributed by atoms with Gasteiger partial charge in [0.2, 0.25) is 0 Å². The maximum Gasteiger partial charge on any atom is 0.338 e. The Morgan fingerprint density at radius 2 is 1.29 bits per heavy atom. The predicted octanol–water partition coefficient (Wildman–Crippen LogP) is 5.11. The second-order valence-corrected chi connectivity index (χ2v) is 15.9. The molecule has 0 radical (unpaired) electrons. The molecule has 8 atom stereocenters. The summed E-state index contributed by atoms with van der Waals surface area (Å²) in [6, 6.07) is 24.3. The van der Waals surface area contributed by atoms with E-state index in [4.69, 9.17) is 18.9 Å². The molecule has 2 aliphatic rings. The summed E-state index contributed by atoms with van der Waals surface area (Å²) >= 11 is -0.313. The maximum absolute atomic E-state index is 13.7. The lowest BCUT2D eigenvalue weighted by Crippen LogP contribution is -2.66. The van der Waals surface area contributed by atoms with Crippen molar-refractivity contribution in [2.24, 2.45) is 5.92 Å². The Hall–Kier alpha value is -3.65. The van der Waals surface area contributed by atoms with Crippen LogP contribution in [0, 0.1) is 5.92 Å². The zero-order valence-electron chi connectivity index (χ0n) is 27.5. The molecule has 49 heavy (non-hydrogen) atoms. The molecule has 2 heterocycles. The van der Waals surface area contributed by atoms with E-state index in [-0.39, 0.29) is 35.6 Å². The highest BCUT2D eigenvalue weighted by atomic mass is 32.2. The average Bonchev–Trinajstić information content (AvgIpc) is 3.11. The average molecular weight is 708 g/mol. The van der Waals surface area contributed by atoms with Gasteiger partial charge >= 0.3 is 17.9 Å². The molecule has 5 rings (SSSR count). The second-order valence-electron chi connectivity index (χ2n) is 12.7. The van der Waals surface area contributed by atoms with Gasteiger partial charge < -0.3 is 28.6 Å². The summed E-state index contributed by atoms with van der Waals surface area (Å²) in [4.78, 5) is 41.1. The molecule has 0 aliphatic carbocycles. The zero-order valence-corrected chi connectivity index (χ0v) is 29.1. The van der Waals surface area contributed by atoms with Crippen molar-refractivity contribution in [2.75, 3.05) is 12.4 Å². The van der Waals surface area contributed by atoms with Crippen LogP contribution in [0.15, 0.2) is 103 Å². The Morgan fingerprint density at radius 1 is 0.816 bits per heavy atom. The van der Waals surface area contributed by atoms with Crippen LogP contribution in [0.2, 0.25) is 0 Å². The number of fused-ring (bicyclic) bond motifs is 2. The van der Waals surface area contributed by atoms with E-state index in [0.29, 0.717) is 5.75 Å². The molecule has 1 saturated heterocycles. The fraction of sp³-hybridized carbons (Fsp3) is 0.378. The summed E-state index contributed by atoms with van der Waals surface area (Å²) in [7, 11) is 0. The molecule has 6 unspecified atom stereocenters. The van der Waals surface area contributed by atoms with E-state index in [1.165, 1.54) is 11.8 Å². The summed E-state index contributed by atoms with van der Waals surface area (Å²) in [5.74, 6) is -2.02. The molecule has 0 aromatic heterocycles. The Morgan fingerprint density at radius 3 is 1.76 bits per heavy atom. The van der Waals surface area contributed by atoms with Gasteiger partial charge in [-0.15, -0.1) is 16.5 Å². The standard InChI is InChI=1S/C37H41NO9S2/c1-37(2,3)49(43)38-28-21-13-14-24(22-39)23-48-36-32(46-35(42)27-19-11-6-12-20-27)31(45-34(41)26-17-9-5-10-18-26)30(29(28)47-36)44-33(40)25-15-7-4-8-16-25/h4-20,24,28-32,36,38-39H,21-23H2,1-3H3/b14-13+/t24?,28-,29?,30?,31?,32?,36?,49-/m1/s1. The van der Waals surface area contributed by atoms with Gasteiger partial charge in [0.15, 0.2) is 18.3 Å². The van der Waals surface area contributed by atoms with Crippen LogP contribution >= 0.6 is 11.8 Å². The van der Waals surface area contributed by atoms with E-state index < -0.39 is 69.9 Å². The minimum absolute atomic E-state index is 0.149.